The second-order valence-corrected chi connectivity index (χ2v) is 2.69. The number of carbonyl (C=O) groups excluding carboxylic acids is 2. The zero-order valence-electron chi connectivity index (χ0n) is 7.68. The Hall–Kier alpha value is -1.10. The topological polar surface area (TPSA) is 61.4 Å². The van der Waals surface area contributed by atoms with Crippen LogP contribution in [0.25, 0.3) is 0 Å². The first kappa shape index (κ1) is 10.9. The van der Waals surface area contributed by atoms with Crippen LogP contribution in [-0.4, -0.2) is 50.9 Å². The summed E-state index contributed by atoms with van der Waals surface area (Å²) >= 11 is 0. The molecule has 0 heterocycles. The van der Waals surface area contributed by atoms with Crippen LogP contribution in [0.3, 0.4) is 0 Å². The van der Waals surface area contributed by atoms with E-state index in [1.165, 1.54) is 7.05 Å². The van der Waals surface area contributed by atoms with Crippen molar-refractivity contribution in [1.29, 1.82) is 0 Å². The lowest BCUT2D eigenvalue weighted by molar-refractivity contribution is -0.126. The zero-order chi connectivity index (χ0) is 9.56. The molecule has 70 valence electrons. The van der Waals surface area contributed by atoms with Crippen molar-refractivity contribution < 1.29 is 9.59 Å². The van der Waals surface area contributed by atoms with Crippen molar-refractivity contribution in [2.24, 2.45) is 0 Å². The number of nitrogens with one attached hydrogen (secondary N) is 2. The van der Waals surface area contributed by atoms with Crippen LogP contribution in [0.2, 0.25) is 0 Å². The molecule has 12 heavy (non-hydrogen) atoms. The Morgan fingerprint density at radius 1 is 1.25 bits per heavy atom. The van der Waals surface area contributed by atoms with Crippen LogP contribution in [0.15, 0.2) is 0 Å². The number of hydrogen-bond donors (Lipinski definition) is 2. The maximum absolute atomic E-state index is 10.9. The molecule has 0 atom stereocenters. The zero-order valence-corrected chi connectivity index (χ0v) is 7.68. The fourth-order valence-electron chi connectivity index (χ4n) is 0.610. The van der Waals surface area contributed by atoms with Gasteiger partial charge in [-0.05, 0) is 14.1 Å². The van der Waals surface area contributed by atoms with Gasteiger partial charge in [0.2, 0.25) is 11.8 Å². The van der Waals surface area contributed by atoms with Crippen LogP contribution in [0.5, 0.6) is 0 Å². The molecule has 0 unspecified atom stereocenters. The molecule has 0 aromatic carbocycles. The molecule has 0 aliphatic carbocycles. The highest BCUT2D eigenvalue weighted by atomic mass is 16.2. The quantitative estimate of drug-likeness (QED) is 0.539. The van der Waals surface area contributed by atoms with E-state index in [-0.39, 0.29) is 18.4 Å². The Balaban J connectivity index is 3.51. The molecule has 0 saturated heterocycles. The predicted octanol–water partition coefficient (Wildman–Crippen LogP) is -1.59. The molecule has 0 radical (unpaired) electrons. The average Bonchev–Trinajstić information content (AvgIpc) is 1.99. The Morgan fingerprint density at radius 2 is 1.83 bits per heavy atom. The van der Waals surface area contributed by atoms with Crippen LogP contribution in [0.4, 0.5) is 0 Å². The molecule has 0 aromatic rings. The van der Waals surface area contributed by atoms with Gasteiger partial charge in [0.1, 0.15) is 0 Å². The second kappa shape index (κ2) is 5.54. The van der Waals surface area contributed by atoms with E-state index in [1.807, 2.05) is 0 Å². The van der Waals surface area contributed by atoms with Crippen LogP contribution < -0.4 is 10.6 Å². The van der Waals surface area contributed by atoms with Crippen LogP contribution in [0, 0.1) is 0 Å². The number of nitrogens with zero attached hydrogens (tertiary/aromatic N) is 1. The van der Waals surface area contributed by atoms with Crippen molar-refractivity contribution >= 4 is 11.8 Å². The Bertz CT molecular complexity index is 168. The van der Waals surface area contributed by atoms with E-state index >= 15 is 0 Å². The molecule has 0 aliphatic heterocycles. The molecule has 0 fully saturated rings. The maximum Gasteiger partial charge on any atom is 0.239 e. The molecule has 0 saturated carbocycles. The predicted molar refractivity (Wildman–Crippen MR) is 45.6 cm³/mol. The summed E-state index contributed by atoms with van der Waals surface area (Å²) in [6, 6.07) is 0. The van der Waals surface area contributed by atoms with Gasteiger partial charge in [-0.25, -0.2) is 0 Å². The van der Waals surface area contributed by atoms with E-state index in [2.05, 4.69) is 10.6 Å². The summed E-state index contributed by atoms with van der Waals surface area (Å²) < 4.78 is 0. The number of amides is 2. The molecule has 0 aromatic heterocycles. The summed E-state index contributed by atoms with van der Waals surface area (Å²) in [4.78, 5) is 23.3. The monoisotopic (exact) mass is 173 g/mol. The smallest absolute Gasteiger partial charge is 0.239 e. The molecule has 0 bridgehead atoms. The van der Waals surface area contributed by atoms with Gasteiger partial charge in [0.15, 0.2) is 0 Å². The second-order valence-electron chi connectivity index (χ2n) is 2.69. The SMILES string of the molecule is CNC(=O)CNC(=O)CN(C)C. The summed E-state index contributed by atoms with van der Waals surface area (Å²) in [5, 5.41) is 4.88. The summed E-state index contributed by atoms with van der Waals surface area (Å²) in [6.45, 7) is 0.347. The van der Waals surface area contributed by atoms with Gasteiger partial charge in [0.25, 0.3) is 0 Å². The van der Waals surface area contributed by atoms with Crippen molar-refractivity contribution in [3.05, 3.63) is 0 Å². The van der Waals surface area contributed by atoms with Crippen molar-refractivity contribution in [1.82, 2.24) is 15.5 Å². The lowest BCUT2D eigenvalue weighted by Crippen LogP contribution is -2.39. The molecule has 0 aliphatic rings. The molecule has 5 heteroatoms. The van der Waals surface area contributed by atoms with E-state index in [0.717, 1.165) is 0 Å². The summed E-state index contributed by atoms with van der Waals surface area (Å²) in [6.07, 6.45) is 0. The number of likely N-dealkylation sites (N-methyl/N-ethyl adjacent to an activating group) is 2. The fraction of sp³-hybridized carbons (Fsp3) is 0.714. The Morgan fingerprint density at radius 3 is 2.25 bits per heavy atom. The first-order valence-corrected chi connectivity index (χ1v) is 3.68. The van der Waals surface area contributed by atoms with Gasteiger partial charge in [0, 0.05) is 7.05 Å². The van der Waals surface area contributed by atoms with E-state index < -0.39 is 0 Å². The third-order valence-corrected chi connectivity index (χ3v) is 1.18. The van der Waals surface area contributed by atoms with Crippen LogP contribution >= 0.6 is 0 Å². The number of rotatable bonds is 4. The van der Waals surface area contributed by atoms with Crippen LogP contribution in [-0.2, 0) is 9.59 Å². The summed E-state index contributed by atoms with van der Waals surface area (Å²) in [5.74, 6) is -0.342. The van der Waals surface area contributed by atoms with Gasteiger partial charge in [-0.3, -0.25) is 9.59 Å². The highest BCUT2D eigenvalue weighted by Gasteiger charge is 2.03. The van der Waals surface area contributed by atoms with Gasteiger partial charge < -0.3 is 15.5 Å². The third kappa shape index (κ3) is 5.67. The molecule has 0 spiro atoms. The summed E-state index contributed by atoms with van der Waals surface area (Å²) in [7, 11) is 5.11. The standard InChI is InChI=1S/C7H15N3O2/c1-8-6(11)4-9-7(12)5-10(2)3/h4-5H2,1-3H3,(H,8,11)(H,9,12). The molecule has 0 rings (SSSR count). The van der Waals surface area contributed by atoms with E-state index in [9.17, 15) is 9.59 Å². The lowest BCUT2D eigenvalue weighted by atomic mass is 10.5. The van der Waals surface area contributed by atoms with E-state index in [1.54, 1.807) is 19.0 Å². The van der Waals surface area contributed by atoms with Crippen LogP contribution in [0.1, 0.15) is 0 Å². The Kier molecular flexibility index (Phi) is 5.03. The number of carbonyl (C=O) groups is 2. The van der Waals surface area contributed by atoms with Crippen molar-refractivity contribution in [2.45, 2.75) is 0 Å². The minimum absolute atomic E-state index is 0.0448. The normalized spacial score (nSPS) is 9.67. The lowest BCUT2D eigenvalue weighted by Gasteiger charge is -2.08. The maximum atomic E-state index is 10.9. The van der Waals surface area contributed by atoms with Gasteiger partial charge in [-0.15, -0.1) is 0 Å². The molecule has 2 amide bonds. The number of hydrogen-bond acceptors (Lipinski definition) is 3. The average molecular weight is 173 g/mol. The van der Waals surface area contributed by atoms with Gasteiger partial charge in [-0.1, -0.05) is 0 Å². The minimum Gasteiger partial charge on any atom is -0.358 e. The van der Waals surface area contributed by atoms with Gasteiger partial charge in [0.05, 0.1) is 13.1 Å². The first-order valence-electron chi connectivity index (χ1n) is 3.68. The third-order valence-electron chi connectivity index (χ3n) is 1.18. The largest absolute Gasteiger partial charge is 0.358 e. The van der Waals surface area contributed by atoms with Gasteiger partial charge >= 0.3 is 0 Å². The van der Waals surface area contributed by atoms with Crippen molar-refractivity contribution in [3.63, 3.8) is 0 Å². The van der Waals surface area contributed by atoms with E-state index in [4.69, 9.17) is 0 Å². The first-order chi connectivity index (χ1) is 5.56. The molecular formula is C7H15N3O2. The molecule has 5 nitrogen and oxygen atoms in total. The van der Waals surface area contributed by atoms with Crippen molar-refractivity contribution in [2.75, 3.05) is 34.2 Å². The minimum atomic E-state index is -0.192. The molecule has 2 N–H and O–H groups in total. The highest BCUT2D eigenvalue weighted by molar-refractivity contribution is 5.85. The Labute approximate surface area is 72.1 Å². The van der Waals surface area contributed by atoms with Gasteiger partial charge in [-0.2, -0.15) is 0 Å². The summed E-state index contributed by atoms with van der Waals surface area (Å²) in [5.41, 5.74) is 0. The highest BCUT2D eigenvalue weighted by Crippen LogP contribution is 1.73. The van der Waals surface area contributed by atoms with E-state index in [0.29, 0.717) is 6.54 Å². The van der Waals surface area contributed by atoms with Crippen molar-refractivity contribution in [3.8, 4) is 0 Å². The fourth-order valence-corrected chi connectivity index (χ4v) is 0.610. The molecular weight excluding hydrogens is 158 g/mol.